The topological polar surface area (TPSA) is 57.7 Å². The molecule has 2 aliphatic rings. The molecule has 1 aromatic carbocycles. The summed E-state index contributed by atoms with van der Waals surface area (Å²) in [5.41, 5.74) is 1.71. The van der Waals surface area contributed by atoms with Gasteiger partial charge in [0.05, 0.1) is 12.3 Å². The molecule has 2 aliphatic heterocycles. The molecule has 6 heteroatoms. The van der Waals surface area contributed by atoms with Crippen LogP contribution in [0.1, 0.15) is 18.5 Å². The van der Waals surface area contributed by atoms with E-state index in [9.17, 15) is 4.79 Å². The minimum Gasteiger partial charge on any atom is -0.491 e. The van der Waals surface area contributed by atoms with Crippen LogP contribution in [0.15, 0.2) is 48.7 Å². The third kappa shape index (κ3) is 4.39. The van der Waals surface area contributed by atoms with Crippen molar-refractivity contribution in [3.8, 4) is 5.75 Å². The molecule has 3 heterocycles. The Hall–Kier alpha value is -2.60. The lowest BCUT2D eigenvalue weighted by Gasteiger charge is -2.37. The van der Waals surface area contributed by atoms with E-state index in [4.69, 9.17) is 4.74 Å². The number of nitrogens with one attached hydrogen (secondary N) is 1. The van der Waals surface area contributed by atoms with Crippen molar-refractivity contribution >= 4 is 11.7 Å². The molecule has 1 unspecified atom stereocenters. The van der Waals surface area contributed by atoms with E-state index in [1.165, 1.54) is 19.4 Å². The zero-order chi connectivity index (χ0) is 18.5. The van der Waals surface area contributed by atoms with Gasteiger partial charge >= 0.3 is 6.03 Å². The number of fused-ring (bicyclic) bond motifs is 1. The molecule has 0 bridgehead atoms. The number of para-hydroxylation sites is 2. The molecular weight excluding hydrogens is 340 g/mol. The van der Waals surface area contributed by atoms with Gasteiger partial charge in [0, 0.05) is 44.0 Å². The van der Waals surface area contributed by atoms with Crippen LogP contribution in [0.5, 0.6) is 5.75 Å². The lowest BCUT2D eigenvalue weighted by Crippen LogP contribution is -2.53. The zero-order valence-electron chi connectivity index (χ0n) is 15.5. The molecular formula is C21H26N4O2. The number of carbonyl (C=O) groups excluding carboxylic acids is 1. The highest BCUT2D eigenvalue weighted by molar-refractivity contribution is 5.91. The number of urea groups is 1. The van der Waals surface area contributed by atoms with E-state index in [1.807, 2.05) is 47.4 Å². The van der Waals surface area contributed by atoms with Crippen LogP contribution in [-0.4, -0.2) is 59.6 Å². The van der Waals surface area contributed by atoms with Gasteiger partial charge in [0.15, 0.2) is 0 Å². The van der Waals surface area contributed by atoms with Crippen molar-refractivity contribution in [3.63, 3.8) is 0 Å². The summed E-state index contributed by atoms with van der Waals surface area (Å²) in [5.74, 6) is 0.696. The Morgan fingerprint density at radius 3 is 2.93 bits per heavy atom. The van der Waals surface area contributed by atoms with Crippen LogP contribution in [0, 0.1) is 0 Å². The van der Waals surface area contributed by atoms with Gasteiger partial charge < -0.3 is 15.0 Å². The van der Waals surface area contributed by atoms with Gasteiger partial charge in [-0.2, -0.15) is 0 Å². The van der Waals surface area contributed by atoms with Crippen molar-refractivity contribution in [2.24, 2.45) is 0 Å². The summed E-state index contributed by atoms with van der Waals surface area (Å²) in [6, 6.07) is 14.0. The second kappa shape index (κ2) is 8.39. The molecule has 2 saturated heterocycles. The third-order valence-electron chi connectivity index (χ3n) is 5.35. The summed E-state index contributed by atoms with van der Waals surface area (Å²) in [5, 5.41) is 3.04. The van der Waals surface area contributed by atoms with Crippen LogP contribution in [0.2, 0.25) is 0 Å². The molecule has 0 radical (unpaired) electrons. The first-order chi connectivity index (χ1) is 13.3. The third-order valence-corrected chi connectivity index (χ3v) is 5.35. The number of nitrogens with zero attached hydrogens (tertiary/aromatic N) is 3. The summed E-state index contributed by atoms with van der Waals surface area (Å²) in [4.78, 5) is 21.5. The first-order valence-corrected chi connectivity index (χ1v) is 9.71. The average Bonchev–Trinajstić information content (AvgIpc) is 3.18. The van der Waals surface area contributed by atoms with E-state index in [1.54, 1.807) is 6.20 Å². The maximum Gasteiger partial charge on any atom is 0.322 e. The van der Waals surface area contributed by atoms with Crippen LogP contribution in [0.3, 0.4) is 0 Å². The molecule has 0 aliphatic carbocycles. The molecule has 2 aromatic rings. The predicted octanol–water partition coefficient (Wildman–Crippen LogP) is 3.02. The lowest BCUT2D eigenvalue weighted by atomic mass is 10.1. The van der Waals surface area contributed by atoms with Crippen LogP contribution in [-0.2, 0) is 6.42 Å². The number of hydrogen-bond acceptors (Lipinski definition) is 4. The SMILES string of the molecule is O=C(Nc1ccccc1OCCc1ccccn1)N1CCN2CCCC2C1. The first kappa shape index (κ1) is 17.8. The monoisotopic (exact) mass is 366 g/mol. The highest BCUT2D eigenvalue weighted by Gasteiger charge is 2.32. The molecule has 2 amide bonds. The van der Waals surface area contributed by atoms with E-state index in [0.29, 0.717) is 18.4 Å². The number of piperazine rings is 1. The highest BCUT2D eigenvalue weighted by Crippen LogP contribution is 2.26. The fourth-order valence-electron chi connectivity index (χ4n) is 3.88. The van der Waals surface area contributed by atoms with Crippen molar-refractivity contribution in [1.29, 1.82) is 0 Å². The number of pyridine rings is 1. The Morgan fingerprint density at radius 1 is 1.15 bits per heavy atom. The molecule has 142 valence electrons. The smallest absolute Gasteiger partial charge is 0.322 e. The number of benzene rings is 1. The second-order valence-electron chi connectivity index (χ2n) is 7.12. The summed E-state index contributed by atoms with van der Waals surface area (Å²) < 4.78 is 5.92. The largest absolute Gasteiger partial charge is 0.491 e. The Kier molecular flexibility index (Phi) is 5.53. The lowest BCUT2D eigenvalue weighted by molar-refractivity contribution is 0.124. The fourth-order valence-corrected chi connectivity index (χ4v) is 3.88. The Balaban J connectivity index is 1.34. The van der Waals surface area contributed by atoms with Gasteiger partial charge in [-0.25, -0.2) is 4.79 Å². The number of carbonyl (C=O) groups is 1. The number of ether oxygens (including phenoxy) is 1. The van der Waals surface area contributed by atoms with Gasteiger partial charge in [0.2, 0.25) is 0 Å². The fraction of sp³-hybridized carbons (Fsp3) is 0.429. The highest BCUT2D eigenvalue weighted by atomic mass is 16.5. The number of rotatable bonds is 5. The summed E-state index contributed by atoms with van der Waals surface area (Å²) in [6.45, 7) is 4.26. The number of anilines is 1. The standard InChI is InChI=1S/C21H26N4O2/c26-21(25-14-13-24-12-5-7-18(24)16-25)23-19-8-1-2-9-20(19)27-15-10-17-6-3-4-11-22-17/h1-4,6,8-9,11,18H,5,7,10,12-16H2,(H,23,26). The normalized spacial score (nSPS) is 19.6. The summed E-state index contributed by atoms with van der Waals surface area (Å²) >= 11 is 0. The maximum absolute atomic E-state index is 12.7. The van der Waals surface area contributed by atoms with Gasteiger partial charge in [-0.3, -0.25) is 9.88 Å². The van der Waals surface area contributed by atoms with E-state index in [2.05, 4.69) is 15.2 Å². The number of amides is 2. The molecule has 0 saturated carbocycles. The Bertz CT molecular complexity index is 768. The Morgan fingerprint density at radius 2 is 2.04 bits per heavy atom. The number of hydrogen-bond donors (Lipinski definition) is 1. The molecule has 4 rings (SSSR count). The van der Waals surface area contributed by atoms with Gasteiger partial charge in [0.25, 0.3) is 0 Å². The molecule has 6 nitrogen and oxygen atoms in total. The molecule has 1 N–H and O–H groups in total. The molecule has 1 atom stereocenters. The minimum absolute atomic E-state index is 0.0395. The van der Waals surface area contributed by atoms with Crippen LogP contribution < -0.4 is 10.1 Å². The van der Waals surface area contributed by atoms with Gasteiger partial charge in [-0.15, -0.1) is 0 Å². The van der Waals surface area contributed by atoms with E-state index in [0.717, 1.165) is 37.4 Å². The van der Waals surface area contributed by atoms with Gasteiger partial charge in [-0.1, -0.05) is 18.2 Å². The summed E-state index contributed by atoms with van der Waals surface area (Å²) in [7, 11) is 0. The molecule has 0 spiro atoms. The van der Waals surface area contributed by atoms with Crippen LogP contribution >= 0.6 is 0 Å². The quantitative estimate of drug-likeness (QED) is 0.884. The predicted molar refractivity (Wildman–Crippen MR) is 105 cm³/mol. The Labute approximate surface area is 160 Å². The van der Waals surface area contributed by atoms with Crippen LogP contribution in [0.4, 0.5) is 10.5 Å². The first-order valence-electron chi connectivity index (χ1n) is 9.71. The molecule has 27 heavy (non-hydrogen) atoms. The molecule has 2 fully saturated rings. The van der Waals surface area contributed by atoms with Crippen molar-refractivity contribution in [2.45, 2.75) is 25.3 Å². The van der Waals surface area contributed by atoms with Gasteiger partial charge in [-0.05, 0) is 43.7 Å². The minimum atomic E-state index is -0.0395. The van der Waals surface area contributed by atoms with Crippen molar-refractivity contribution in [3.05, 3.63) is 54.4 Å². The van der Waals surface area contributed by atoms with E-state index < -0.39 is 0 Å². The molecule has 1 aromatic heterocycles. The van der Waals surface area contributed by atoms with Gasteiger partial charge in [0.1, 0.15) is 5.75 Å². The average molecular weight is 366 g/mol. The van der Waals surface area contributed by atoms with Crippen molar-refractivity contribution in [1.82, 2.24) is 14.8 Å². The second-order valence-corrected chi connectivity index (χ2v) is 7.12. The van der Waals surface area contributed by atoms with Crippen molar-refractivity contribution < 1.29 is 9.53 Å². The number of aromatic nitrogens is 1. The maximum atomic E-state index is 12.7. The summed E-state index contributed by atoms with van der Waals surface area (Å²) in [6.07, 6.45) is 4.95. The van der Waals surface area contributed by atoms with Crippen molar-refractivity contribution in [2.75, 3.05) is 38.1 Å². The zero-order valence-corrected chi connectivity index (χ0v) is 15.5. The van der Waals surface area contributed by atoms with Crippen LogP contribution in [0.25, 0.3) is 0 Å². The van der Waals surface area contributed by atoms with E-state index >= 15 is 0 Å². The van der Waals surface area contributed by atoms with E-state index in [-0.39, 0.29) is 6.03 Å².